The van der Waals surface area contributed by atoms with Crippen molar-refractivity contribution in [2.24, 2.45) is 10.8 Å². The maximum Gasteiger partial charge on any atom is 0.311 e. The van der Waals surface area contributed by atoms with E-state index in [1.54, 1.807) is 0 Å². The number of carbonyl (C=O) groups excluding carboxylic acids is 3. The van der Waals surface area contributed by atoms with Crippen LogP contribution in [0.1, 0.15) is 105 Å². The van der Waals surface area contributed by atoms with Gasteiger partial charge in [0, 0.05) is 6.54 Å². The van der Waals surface area contributed by atoms with Crippen LogP contribution in [0.25, 0.3) is 0 Å². The van der Waals surface area contributed by atoms with Crippen LogP contribution in [0.4, 0.5) is 0 Å². The summed E-state index contributed by atoms with van der Waals surface area (Å²) in [6.07, 6.45) is 9.32. The number of esters is 3. The molecule has 0 bridgehead atoms. The zero-order valence-corrected chi connectivity index (χ0v) is 23.2. The average Bonchev–Trinajstić information content (AvgIpc) is 2.80. The van der Waals surface area contributed by atoms with Crippen LogP contribution >= 0.6 is 0 Å². The van der Waals surface area contributed by atoms with Gasteiger partial charge in [0.25, 0.3) is 0 Å². The second-order valence-electron chi connectivity index (χ2n) is 10.7. The molecule has 0 spiro atoms. The summed E-state index contributed by atoms with van der Waals surface area (Å²) in [5, 5.41) is 0. The molecule has 0 atom stereocenters. The van der Waals surface area contributed by atoms with Crippen LogP contribution in [0.2, 0.25) is 0 Å². The van der Waals surface area contributed by atoms with E-state index in [4.69, 9.17) is 14.2 Å². The third-order valence-corrected chi connectivity index (χ3v) is 6.67. The Balaban J connectivity index is 4.56. The van der Waals surface area contributed by atoms with Crippen LogP contribution in [-0.4, -0.2) is 63.3 Å². The van der Waals surface area contributed by atoms with Gasteiger partial charge in [-0.2, -0.15) is 0 Å². The SMILES string of the molecule is CCN(C)CCC(=O)OC(CCCCCC(C)(C)C(=O)OC)CCCCCC(C)(C)C(=O)OC. The highest BCUT2D eigenvalue weighted by Gasteiger charge is 2.28. The molecule has 0 radical (unpaired) electrons. The van der Waals surface area contributed by atoms with Crippen molar-refractivity contribution >= 4 is 17.9 Å². The van der Waals surface area contributed by atoms with Crippen LogP contribution in [0, 0.1) is 10.8 Å². The lowest BCUT2D eigenvalue weighted by Gasteiger charge is -2.22. The van der Waals surface area contributed by atoms with Crippen molar-refractivity contribution in [1.82, 2.24) is 4.90 Å². The normalized spacial score (nSPS) is 12.2. The lowest BCUT2D eigenvalue weighted by atomic mass is 9.86. The van der Waals surface area contributed by atoms with Gasteiger partial charge in [-0.25, -0.2) is 0 Å². The third kappa shape index (κ3) is 13.9. The third-order valence-electron chi connectivity index (χ3n) is 6.67. The fourth-order valence-corrected chi connectivity index (χ4v) is 3.94. The van der Waals surface area contributed by atoms with Crippen LogP contribution in [0.3, 0.4) is 0 Å². The summed E-state index contributed by atoms with van der Waals surface area (Å²) in [5.74, 6) is -0.484. The van der Waals surface area contributed by atoms with Gasteiger partial charge in [0.05, 0.1) is 31.5 Å². The second-order valence-corrected chi connectivity index (χ2v) is 10.7. The molecule has 0 aromatic heterocycles. The van der Waals surface area contributed by atoms with Gasteiger partial charge in [-0.1, -0.05) is 32.6 Å². The van der Waals surface area contributed by atoms with Gasteiger partial charge in [0.2, 0.25) is 0 Å². The highest BCUT2D eigenvalue weighted by molar-refractivity contribution is 5.76. The lowest BCUT2D eigenvalue weighted by Crippen LogP contribution is -2.26. The van der Waals surface area contributed by atoms with E-state index in [1.165, 1.54) is 14.2 Å². The van der Waals surface area contributed by atoms with Crippen molar-refractivity contribution < 1.29 is 28.6 Å². The molecule has 0 aromatic rings. The van der Waals surface area contributed by atoms with Gasteiger partial charge < -0.3 is 19.1 Å². The summed E-state index contributed by atoms with van der Waals surface area (Å²) in [6.45, 7) is 11.3. The number of hydrogen-bond donors (Lipinski definition) is 0. The zero-order chi connectivity index (χ0) is 26.2. The minimum absolute atomic E-state index is 0.0818. The number of nitrogens with zero attached hydrogens (tertiary/aromatic N) is 1. The predicted octanol–water partition coefficient (Wildman–Crippen LogP) is 5.54. The molecule has 0 heterocycles. The minimum Gasteiger partial charge on any atom is -0.469 e. The van der Waals surface area contributed by atoms with Crippen molar-refractivity contribution in [3.05, 3.63) is 0 Å². The molecule has 0 fully saturated rings. The smallest absolute Gasteiger partial charge is 0.311 e. The van der Waals surface area contributed by atoms with Crippen LogP contribution in [0.15, 0.2) is 0 Å². The molecule has 0 rings (SSSR count). The topological polar surface area (TPSA) is 82.1 Å². The number of unbranched alkanes of at least 4 members (excludes halogenated alkanes) is 4. The molecule has 0 amide bonds. The van der Waals surface area contributed by atoms with E-state index >= 15 is 0 Å². The quantitative estimate of drug-likeness (QED) is 0.135. The molecule has 0 unspecified atom stereocenters. The van der Waals surface area contributed by atoms with E-state index in [-0.39, 0.29) is 24.0 Å². The van der Waals surface area contributed by atoms with E-state index in [1.807, 2.05) is 34.7 Å². The van der Waals surface area contributed by atoms with E-state index in [0.717, 1.165) is 70.8 Å². The molecular formula is C27H51NO6. The Kier molecular flexibility index (Phi) is 16.1. The summed E-state index contributed by atoms with van der Waals surface area (Å²) in [6, 6.07) is 0. The molecular weight excluding hydrogens is 434 g/mol. The molecule has 0 aliphatic heterocycles. The first-order chi connectivity index (χ1) is 15.9. The fourth-order valence-electron chi connectivity index (χ4n) is 3.94. The Morgan fingerprint density at radius 2 is 1.21 bits per heavy atom. The molecule has 0 aromatic carbocycles. The van der Waals surface area contributed by atoms with E-state index in [9.17, 15) is 14.4 Å². The molecule has 200 valence electrons. The largest absolute Gasteiger partial charge is 0.469 e. The van der Waals surface area contributed by atoms with E-state index < -0.39 is 10.8 Å². The Hall–Kier alpha value is -1.63. The minimum atomic E-state index is -0.468. The van der Waals surface area contributed by atoms with Crippen molar-refractivity contribution in [2.45, 2.75) is 111 Å². The van der Waals surface area contributed by atoms with Crippen molar-refractivity contribution in [3.8, 4) is 0 Å². The standard InChI is InChI=1S/C27H51NO6/c1-9-28(6)21-18-23(29)34-22(16-12-10-14-19-26(2,3)24(30)32-7)17-13-11-15-20-27(4,5)25(31)33-8/h22H,9-21H2,1-8H3. The van der Waals surface area contributed by atoms with E-state index in [0.29, 0.717) is 13.0 Å². The predicted molar refractivity (Wildman–Crippen MR) is 135 cm³/mol. The molecule has 0 aliphatic rings. The fraction of sp³-hybridized carbons (Fsp3) is 0.889. The molecule has 7 nitrogen and oxygen atoms in total. The van der Waals surface area contributed by atoms with Crippen molar-refractivity contribution in [1.29, 1.82) is 0 Å². The van der Waals surface area contributed by atoms with Gasteiger partial charge in [-0.3, -0.25) is 14.4 Å². The number of hydrogen-bond acceptors (Lipinski definition) is 7. The Labute approximate surface area is 208 Å². The molecule has 0 aliphatic carbocycles. The van der Waals surface area contributed by atoms with Crippen molar-refractivity contribution in [2.75, 3.05) is 34.4 Å². The number of ether oxygens (including phenoxy) is 3. The van der Waals surface area contributed by atoms with Gasteiger partial charge in [-0.15, -0.1) is 0 Å². The first-order valence-electron chi connectivity index (χ1n) is 12.9. The number of carbonyl (C=O) groups is 3. The first kappa shape index (κ1) is 32.4. The Morgan fingerprint density at radius 3 is 1.59 bits per heavy atom. The number of methoxy groups -OCH3 is 2. The zero-order valence-electron chi connectivity index (χ0n) is 23.2. The first-order valence-corrected chi connectivity index (χ1v) is 12.9. The Morgan fingerprint density at radius 1 is 0.765 bits per heavy atom. The van der Waals surface area contributed by atoms with Crippen LogP contribution in [0.5, 0.6) is 0 Å². The molecule has 34 heavy (non-hydrogen) atoms. The van der Waals surface area contributed by atoms with Gasteiger partial charge in [0.15, 0.2) is 0 Å². The summed E-state index contributed by atoms with van der Waals surface area (Å²) < 4.78 is 15.6. The summed E-state index contributed by atoms with van der Waals surface area (Å²) in [7, 11) is 4.85. The summed E-state index contributed by atoms with van der Waals surface area (Å²) in [5.41, 5.74) is -0.937. The summed E-state index contributed by atoms with van der Waals surface area (Å²) in [4.78, 5) is 38.2. The molecule has 0 saturated heterocycles. The Bertz CT molecular complexity index is 564. The van der Waals surface area contributed by atoms with Crippen LogP contribution in [-0.2, 0) is 28.6 Å². The second kappa shape index (κ2) is 16.9. The maximum absolute atomic E-state index is 12.4. The maximum atomic E-state index is 12.4. The van der Waals surface area contributed by atoms with Gasteiger partial charge >= 0.3 is 17.9 Å². The number of rotatable bonds is 19. The highest BCUT2D eigenvalue weighted by Crippen LogP contribution is 2.27. The van der Waals surface area contributed by atoms with Gasteiger partial charge in [0.1, 0.15) is 6.10 Å². The van der Waals surface area contributed by atoms with E-state index in [2.05, 4.69) is 11.8 Å². The van der Waals surface area contributed by atoms with Gasteiger partial charge in [-0.05, 0) is 79.8 Å². The lowest BCUT2D eigenvalue weighted by molar-refractivity contribution is -0.152. The monoisotopic (exact) mass is 485 g/mol. The van der Waals surface area contributed by atoms with Crippen molar-refractivity contribution in [3.63, 3.8) is 0 Å². The molecule has 0 N–H and O–H groups in total. The molecule has 7 heteroatoms. The molecule has 0 saturated carbocycles. The average molecular weight is 486 g/mol. The highest BCUT2D eigenvalue weighted by atomic mass is 16.5. The van der Waals surface area contributed by atoms with Crippen LogP contribution < -0.4 is 0 Å². The summed E-state index contributed by atoms with van der Waals surface area (Å²) >= 11 is 0.